The predicted octanol–water partition coefficient (Wildman–Crippen LogP) is 1.86. The molecule has 1 aliphatic rings. The SMILES string of the molecule is COC(=O)[C@H]1O[C@@H](Oc2ccc(C)cc2N(C)C(=O)Cl)[C@H](OC(C)=O)[C@@H](OC(C)=O)[C@@H]1OC(C)=O. The number of methoxy groups -OCH3 is 1. The van der Waals surface area contributed by atoms with Crippen molar-refractivity contribution in [2.24, 2.45) is 0 Å². The first-order valence-corrected chi connectivity index (χ1v) is 10.7. The molecule has 0 N–H and O–H groups in total. The van der Waals surface area contributed by atoms with E-state index < -0.39 is 59.9 Å². The van der Waals surface area contributed by atoms with Crippen LogP contribution in [-0.4, -0.2) is 74.1 Å². The van der Waals surface area contributed by atoms with Gasteiger partial charge in [-0.15, -0.1) is 0 Å². The Morgan fingerprint density at radius 2 is 1.46 bits per heavy atom. The van der Waals surface area contributed by atoms with Gasteiger partial charge >= 0.3 is 29.2 Å². The maximum Gasteiger partial charge on any atom is 0.339 e. The lowest BCUT2D eigenvalue weighted by molar-refractivity contribution is -0.282. The number of anilines is 1. The molecule has 1 aliphatic heterocycles. The van der Waals surface area contributed by atoms with Gasteiger partial charge < -0.3 is 28.4 Å². The highest BCUT2D eigenvalue weighted by molar-refractivity contribution is 6.66. The van der Waals surface area contributed by atoms with Crippen LogP contribution in [0, 0.1) is 6.92 Å². The van der Waals surface area contributed by atoms with E-state index in [1.54, 1.807) is 19.1 Å². The maximum absolute atomic E-state index is 12.5. The minimum atomic E-state index is -1.62. The van der Waals surface area contributed by atoms with Crippen LogP contribution < -0.4 is 9.64 Å². The van der Waals surface area contributed by atoms with Crippen molar-refractivity contribution in [3.63, 3.8) is 0 Å². The van der Waals surface area contributed by atoms with E-state index in [-0.39, 0.29) is 11.4 Å². The van der Waals surface area contributed by atoms with E-state index in [1.807, 2.05) is 0 Å². The van der Waals surface area contributed by atoms with E-state index in [0.29, 0.717) is 0 Å². The van der Waals surface area contributed by atoms with Crippen LogP contribution in [0.3, 0.4) is 0 Å². The zero-order valence-electron chi connectivity index (χ0n) is 19.9. The van der Waals surface area contributed by atoms with Gasteiger partial charge in [0.1, 0.15) is 5.75 Å². The molecular weight excluding hydrogens is 490 g/mol. The lowest BCUT2D eigenvalue weighted by Crippen LogP contribution is -2.64. The summed E-state index contributed by atoms with van der Waals surface area (Å²) in [4.78, 5) is 60.9. The van der Waals surface area contributed by atoms with Crippen molar-refractivity contribution < 1.29 is 52.4 Å². The molecule has 192 valence electrons. The van der Waals surface area contributed by atoms with E-state index in [2.05, 4.69) is 0 Å². The Morgan fingerprint density at radius 3 is 1.97 bits per heavy atom. The normalized spacial score (nSPS) is 23.5. The highest BCUT2D eigenvalue weighted by Gasteiger charge is 2.56. The third kappa shape index (κ3) is 7.06. The van der Waals surface area contributed by atoms with Gasteiger partial charge in [-0.1, -0.05) is 6.07 Å². The van der Waals surface area contributed by atoms with Gasteiger partial charge in [-0.3, -0.25) is 24.1 Å². The lowest BCUT2D eigenvalue weighted by Gasteiger charge is -2.43. The Balaban J connectivity index is 2.60. The summed E-state index contributed by atoms with van der Waals surface area (Å²) in [5.41, 5.74) is 0.995. The van der Waals surface area contributed by atoms with Crippen molar-refractivity contribution in [1.29, 1.82) is 0 Å². The molecule has 5 atom stereocenters. The molecule has 35 heavy (non-hydrogen) atoms. The Morgan fingerprint density at radius 1 is 0.914 bits per heavy atom. The van der Waals surface area contributed by atoms with Gasteiger partial charge in [-0.2, -0.15) is 0 Å². The van der Waals surface area contributed by atoms with E-state index in [1.165, 1.54) is 13.1 Å². The first-order chi connectivity index (χ1) is 16.3. The Labute approximate surface area is 206 Å². The molecule has 0 saturated carbocycles. The summed E-state index contributed by atoms with van der Waals surface area (Å²) in [6.45, 7) is 5.01. The van der Waals surface area contributed by atoms with Crippen molar-refractivity contribution in [1.82, 2.24) is 0 Å². The van der Waals surface area contributed by atoms with Gasteiger partial charge in [0.05, 0.1) is 12.8 Å². The Kier molecular flexibility index (Phi) is 9.43. The number of hydrogen-bond acceptors (Lipinski definition) is 11. The molecule has 2 rings (SSSR count). The number of carbonyl (C=O) groups is 5. The molecule has 13 heteroatoms. The fourth-order valence-corrected chi connectivity index (χ4v) is 3.47. The minimum Gasteiger partial charge on any atom is -0.467 e. The van der Waals surface area contributed by atoms with Gasteiger partial charge in [-0.25, -0.2) is 4.79 Å². The maximum atomic E-state index is 12.5. The highest BCUT2D eigenvalue weighted by Crippen LogP contribution is 2.35. The third-order valence-corrected chi connectivity index (χ3v) is 5.07. The van der Waals surface area contributed by atoms with Crippen LogP contribution in [-0.2, 0) is 42.9 Å². The molecule has 0 aliphatic carbocycles. The molecule has 12 nitrogen and oxygen atoms in total. The second-order valence-corrected chi connectivity index (χ2v) is 7.89. The molecule has 0 radical (unpaired) electrons. The molecule has 1 amide bonds. The Hall–Kier alpha value is -3.38. The number of halogens is 1. The van der Waals surface area contributed by atoms with Crippen molar-refractivity contribution in [2.75, 3.05) is 19.1 Å². The van der Waals surface area contributed by atoms with Gasteiger partial charge in [-0.05, 0) is 36.2 Å². The third-order valence-electron chi connectivity index (χ3n) is 4.82. The predicted molar refractivity (Wildman–Crippen MR) is 119 cm³/mol. The molecule has 1 heterocycles. The molecule has 1 saturated heterocycles. The summed E-state index contributed by atoms with van der Waals surface area (Å²) in [7, 11) is 2.47. The first-order valence-electron chi connectivity index (χ1n) is 10.3. The van der Waals surface area contributed by atoms with Crippen LogP contribution in [0.4, 0.5) is 10.5 Å². The summed E-state index contributed by atoms with van der Waals surface area (Å²) in [5.74, 6) is -3.36. The van der Waals surface area contributed by atoms with E-state index in [0.717, 1.165) is 38.3 Å². The summed E-state index contributed by atoms with van der Waals surface area (Å²) < 4.78 is 32.2. The number of aryl methyl sites for hydroxylation is 1. The number of amides is 1. The van der Waals surface area contributed by atoms with Crippen LogP contribution in [0.5, 0.6) is 5.75 Å². The quantitative estimate of drug-likeness (QED) is 0.227. The van der Waals surface area contributed by atoms with E-state index in [4.69, 9.17) is 40.0 Å². The summed E-state index contributed by atoms with van der Waals surface area (Å²) in [6.07, 6.45) is -7.72. The van der Waals surface area contributed by atoms with Crippen molar-refractivity contribution >= 4 is 46.5 Å². The van der Waals surface area contributed by atoms with E-state index >= 15 is 0 Å². The number of rotatable bonds is 7. The minimum absolute atomic E-state index is 0.0605. The Bertz CT molecular complexity index is 998. The number of hydrogen-bond donors (Lipinski definition) is 0. The second-order valence-electron chi connectivity index (χ2n) is 7.57. The molecule has 1 aromatic carbocycles. The van der Waals surface area contributed by atoms with Crippen molar-refractivity contribution in [3.8, 4) is 5.75 Å². The van der Waals surface area contributed by atoms with Gasteiger partial charge in [0.2, 0.25) is 12.4 Å². The van der Waals surface area contributed by atoms with Crippen LogP contribution in [0.15, 0.2) is 18.2 Å². The van der Waals surface area contributed by atoms with Crippen LogP contribution >= 0.6 is 11.6 Å². The summed E-state index contributed by atoms with van der Waals surface area (Å²) in [5, 5.41) is -0.818. The van der Waals surface area contributed by atoms with E-state index in [9.17, 15) is 24.0 Å². The van der Waals surface area contributed by atoms with Crippen LogP contribution in [0.25, 0.3) is 0 Å². The first kappa shape index (κ1) is 27.9. The molecular formula is C22H26ClNO11. The number of carbonyl (C=O) groups excluding carboxylic acids is 5. The number of ether oxygens (including phenoxy) is 6. The fraction of sp³-hybridized carbons (Fsp3) is 0.500. The van der Waals surface area contributed by atoms with Crippen LogP contribution in [0.2, 0.25) is 0 Å². The molecule has 0 spiro atoms. The molecule has 1 aromatic rings. The monoisotopic (exact) mass is 515 g/mol. The van der Waals surface area contributed by atoms with Gasteiger partial charge in [0, 0.05) is 27.8 Å². The smallest absolute Gasteiger partial charge is 0.339 e. The fourth-order valence-electron chi connectivity index (χ4n) is 3.38. The zero-order valence-corrected chi connectivity index (χ0v) is 20.7. The average molecular weight is 516 g/mol. The molecule has 1 fully saturated rings. The van der Waals surface area contributed by atoms with Crippen LogP contribution in [0.1, 0.15) is 26.3 Å². The molecule has 0 bridgehead atoms. The van der Waals surface area contributed by atoms with Gasteiger partial charge in [0.15, 0.2) is 18.3 Å². The zero-order chi connectivity index (χ0) is 26.4. The van der Waals surface area contributed by atoms with Crippen molar-refractivity contribution in [2.45, 2.75) is 58.4 Å². The van der Waals surface area contributed by atoms with Crippen molar-refractivity contribution in [3.05, 3.63) is 23.8 Å². The van der Waals surface area contributed by atoms with Gasteiger partial charge in [0.25, 0.3) is 0 Å². The molecule has 0 unspecified atom stereocenters. The standard InChI is InChI=1S/C22H26ClNO11/c1-10-7-8-15(14(9-10)24(5)22(23)29)34-21-19(33-13(4)27)17(32-12(3)26)16(31-11(2)25)18(35-21)20(28)30-6/h7-9,16-19,21H,1-6H3/t16-,17-,18-,19+,21+/m0/s1. The summed E-state index contributed by atoms with van der Waals surface area (Å²) >= 11 is 5.62. The topological polar surface area (TPSA) is 144 Å². The number of esters is 4. The molecule has 0 aromatic heterocycles. The second kappa shape index (κ2) is 11.8. The summed E-state index contributed by atoms with van der Waals surface area (Å²) in [6, 6.07) is 4.77. The largest absolute Gasteiger partial charge is 0.467 e. The number of benzene rings is 1. The highest BCUT2D eigenvalue weighted by atomic mass is 35.5. The number of nitrogens with zero attached hydrogens (tertiary/aromatic N) is 1. The average Bonchev–Trinajstić information content (AvgIpc) is 2.76. The lowest BCUT2D eigenvalue weighted by atomic mass is 9.97.